The molecular weight excluding hydrogens is 666 g/mol. The van der Waals surface area contributed by atoms with Gasteiger partial charge in [-0.3, -0.25) is 19.2 Å². The number of hydrogen-bond acceptors (Lipinski definition) is 7. The molecule has 258 valence electrons. The van der Waals surface area contributed by atoms with Gasteiger partial charge >= 0.3 is 5.97 Å². The van der Waals surface area contributed by atoms with Crippen molar-refractivity contribution in [2.45, 2.75) is 106 Å². The number of aliphatic hydroxyl groups is 1. The van der Waals surface area contributed by atoms with Gasteiger partial charge in [0.05, 0.1) is 24.0 Å². The second-order valence-electron chi connectivity index (χ2n) is 13.8. The highest BCUT2D eigenvalue weighted by Crippen LogP contribution is 2.60. The Hall–Kier alpha value is -3.02. The van der Waals surface area contributed by atoms with Gasteiger partial charge in [-0.05, 0) is 65.4 Å². The number of alkyl halides is 1. The van der Waals surface area contributed by atoms with Gasteiger partial charge in [-0.2, -0.15) is 0 Å². The number of carbonyl (C=O) groups excluding carboxylic acids is 4. The summed E-state index contributed by atoms with van der Waals surface area (Å²) in [4.78, 5) is 59.0. The van der Waals surface area contributed by atoms with E-state index in [9.17, 15) is 24.3 Å². The van der Waals surface area contributed by atoms with Crippen LogP contribution in [0.3, 0.4) is 0 Å². The molecule has 3 amide bonds. The van der Waals surface area contributed by atoms with Crippen molar-refractivity contribution in [2.75, 3.05) is 19.7 Å². The van der Waals surface area contributed by atoms with Gasteiger partial charge in [0.15, 0.2) is 0 Å². The minimum absolute atomic E-state index is 0.0414. The van der Waals surface area contributed by atoms with E-state index in [4.69, 9.17) is 9.47 Å². The van der Waals surface area contributed by atoms with Crippen LogP contribution in [-0.4, -0.2) is 92.4 Å². The third-order valence-electron chi connectivity index (χ3n) is 9.53. The van der Waals surface area contributed by atoms with E-state index in [1.165, 1.54) is 0 Å². The summed E-state index contributed by atoms with van der Waals surface area (Å²) in [5.74, 6) is -3.22. The van der Waals surface area contributed by atoms with Crippen LogP contribution in [0.2, 0.25) is 0 Å². The van der Waals surface area contributed by atoms with Crippen LogP contribution in [0.4, 0.5) is 0 Å². The standard InChI is InChI=1S/C36H50BrN3O7/c1-7-9-18-26(42)38-23(3)29(24-16-12-10-13-17-24)46-34(45)27-28-32(43)39(20-14-11-15-21-41)31(36(28)22-25(37)30(27)47-36)33(44)40(19-8-2)35(4,5)6/h7-8,10,12-13,16-17,23,25,27-31,41H,1-2,9,11,14-15,18-22H2,3-6H3,(H,38,42)/t23-,25?,27-,28+,29-,30-,31-,36+/m0/s1. The Morgan fingerprint density at radius 1 is 1.19 bits per heavy atom. The van der Waals surface area contributed by atoms with Gasteiger partial charge in [0, 0.05) is 36.5 Å². The van der Waals surface area contributed by atoms with Gasteiger partial charge in [0.1, 0.15) is 17.7 Å². The maximum absolute atomic E-state index is 14.6. The first-order chi connectivity index (χ1) is 22.3. The van der Waals surface area contributed by atoms with Crippen molar-refractivity contribution in [2.24, 2.45) is 11.8 Å². The van der Waals surface area contributed by atoms with E-state index in [0.29, 0.717) is 44.2 Å². The molecule has 2 bridgehead atoms. The molecule has 3 aliphatic rings. The average Bonchev–Trinajstić information content (AvgIpc) is 3.62. The summed E-state index contributed by atoms with van der Waals surface area (Å²) in [5.41, 5.74) is -1.10. The number of nitrogens with zero attached hydrogens (tertiary/aromatic N) is 2. The zero-order chi connectivity index (χ0) is 34.5. The van der Waals surface area contributed by atoms with Crippen molar-refractivity contribution in [1.29, 1.82) is 0 Å². The molecule has 3 saturated heterocycles. The number of allylic oxidation sites excluding steroid dienone is 1. The third-order valence-corrected chi connectivity index (χ3v) is 10.4. The van der Waals surface area contributed by atoms with Crippen LogP contribution in [0, 0.1) is 11.8 Å². The molecule has 0 aliphatic carbocycles. The highest BCUT2D eigenvalue weighted by atomic mass is 79.9. The van der Waals surface area contributed by atoms with Gasteiger partial charge in [-0.25, -0.2) is 0 Å². The molecule has 3 fully saturated rings. The first-order valence-corrected chi connectivity index (χ1v) is 17.5. The zero-order valence-corrected chi connectivity index (χ0v) is 29.6. The van der Waals surface area contributed by atoms with Crippen LogP contribution in [-0.2, 0) is 28.7 Å². The fourth-order valence-corrected chi connectivity index (χ4v) is 8.34. The lowest BCUT2D eigenvalue weighted by Gasteiger charge is -2.42. The number of aliphatic hydroxyl groups excluding tert-OH is 1. The Kier molecular flexibility index (Phi) is 12.1. The average molecular weight is 717 g/mol. The molecule has 1 unspecified atom stereocenters. The van der Waals surface area contributed by atoms with Gasteiger partial charge in [-0.15, -0.1) is 13.2 Å². The second kappa shape index (κ2) is 15.5. The number of amides is 3. The lowest BCUT2D eigenvalue weighted by Crippen LogP contribution is -2.60. The molecule has 1 spiro atoms. The van der Waals surface area contributed by atoms with Crippen molar-refractivity contribution in [1.82, 2.24) is 15.1 Å². The Morgan fingerprint density at radius 2 is 1.89 bits per heavy atom. The van der Waals surface area contributed by atoms with Gasteiger partial charge in [0.2, 0.25) is 17.7 Å². The highest BCUT2D eigenvalue weighted by Gasteiger charge is 2.77. The normalized spacial score (nSPS) is 27.6. The van der Waals surface area contributed by atoms with E-state index in [1.54, 1.807) is 28.9 Å². The number of unbranched alkanes of at least 4 members (excludes halogenated alkanes) is 2. The van der Waals surface area contributed by atoms with Crippen LogP contribution >= 0.6 is 15.9 Å². The van der Waals surface area contributed by atoms with Crippen LogP contribution in [0.25, 0.3) is 0 Å². The smallest absolute Gasteiger partial charge is 0.313 e. The predicted molar refractivity (Wildman–Crippen MR) is 182 cm³/mol. The molecule has 2 N–H and O–H groups in total. The first kappa shape index (κ1) is 36.8. The van der Waals surface area contributed by atoms with Crippen LogP contribution < -0.4 is 5.32 Å². The van der Waals surface area contributed by atoms with E-state index < -0.39 is 53.2 Å². The molecule has 1 aromatic carbocycles. The number of esters is 1. The minimum Gasteiger partial charge on any atom is -0.455 e. The number of benzene rings is 1. The van der Waals surface area contributed by atoms with E-state index in [1.807, 2.05) is 51.1 Å². The molecule has 4 rings (SSSR count). The Morgan fingerprint density at radius 3 is 2.51 bits per heavy atom. The number of carbonyl (C=O) groups is 4. The van der Waals surface area contributed by atoms with Crippen LogP contribution in [0.5, 0.6) is 0 Å². The van der Waals surface area contributed by atoms with Gasteiger partial charge < -0.3 is 29.7 Å². The molecule has 11 heteroatoms. The fraction of sp³-hybridized carbons (Fsp3) is 0.611. The molecule has 0 saturated carbocycles. The number of hydrogen-bond donors (Lipinski definition) is 2. The fourth-order valence-electron chi connectivity index (χ4n) is 7.40. The molecule has 1 aromatic rings. The molecule has 3 aliphatic heterocycles. The molecule has 0 aromatic heterocycles. The lowest BCUT2D eigenvalue weighted by molar-refractivity contribution is -0.162. The maximum atomic E-state index is 14.6. The molecule has 8 atom stereocenters. The van der Waals surface area contributed by atoms with Crippen molar-refractivity contribution >= 4 is 39.6 Å². The lowest BCUT2D eigenvalue weighted by atomic mass is 9.70. The summed E-state index contributed by atoms with van der Waals surface area (Å²) in [6.07, 6.45) is 4.84. The summed E-state index contributed by atoms with van der Waals surface area (Å²) in [6.45, 7) is 15.8. The SMILES string of the molecule is C=CCCC(=O)N[C@@H](C)[C@H](OC(=O)[C@@H]1[C@H]2O[C@@]3(CC2Br)[C@H](C(=O)N(CC=C)C(C)(C)C)N(CCCCCO)C(=O)[C@@H]13)c1ccccc1. The number of nitrogens with one attached hydrogen (secondary N) is 1. The molecule has 0 radical (unpaired) electrons. The predicted octanol–water partition coefficient (Wildman–Crippen LogP) is 4.47. The van der Waals surface area contributed by atoms with Crippen LogP contribution in [0.1, 0.15) is 77.9 Å². The summed E-state index contributed by atoms with van der Waals surface area (Å²) >= 11 is 3.73. The molecule has 3 heterocycles. The van der Waals surface area contributed by atoms with E-state index in [-0.39, 0.29) is 42.1 Å². The number of ether oxygens (including phenoxy) is 2. The largest absolute Gasteiger partial charge is 0.455 e. The molecular formula is C36H50BrN3O7. The topological polar surface area (TPSA) is 125 Å². The van der Waals surface area contributed by atoms with Gasteiger partial charge in [-0.1, -0.05) is 58.4 Å². The van der Waals surface area contributed by atoms with E-state index in [2.05, 4.69) is 34.4 Å². The zero-order valence-electron chi connectivity index (χ0n) is 28.0. The highest BCUT2D eigenvalue weighted by molar-refractivity contribution is 9.09. The number of fused-ring (bicyclic) bond motifs is 1. The summed E-state index contributed by atoms with van der Waals surface area (Å²) in [5, 5.41) is 12.3. The summed E-state index contributed by atoms with van der Waals surface area (Å²) in [6, 6.07) is 7.69. The Labute approximate surface area is 287 Å². The van der Waals surface area contributed by atoms with E-state index >= 15 is 0 Å². The Balaban J connectivity index is 1.69. The molecule has 10 nitrogen and oxygen atoms in total. The number of rotatable bonds is 16. The maximum Gasteiger partial charge on any atom is 0.313 e. The molecule has 47 heavy (non-hydrogen) atoms. The summed E-state index contributed by atoms with van der Waals surface area (Å²) < 4.78 is 12.9. The second-order valence-corrected chi connectivity index (χ2v) is 15.0. The first-order valence-electron chi connectivity index (χ1n) is 16.6. The third kappa shape index (κ3) is 7.52. The van der Waals surface area contributed by atoms with Crippen LogP contribution in [0.15, 0.2) is 55.6 Å². The quantitative estimate of drug-likeness (QED) is 0.112. The number of halogens is 1. The minimum atomic E-state index is -1.23. The number of likely N-dealkylation sites (tertiary alicyclic amines) is 1. The summed E-state index contributed by atoms with van der Waals surface area (Å²) in [7, 11) is 0. The van der Waals surface area contributed by atoms with Crippen molar-refractivity contribution < 1.29 is 33.8 Å². The van der Waals surface area contributed by atoms with E-state index in [0.717, 1.165) is 0 Å². The van der Waals surface area contributed by atoms with Gasteiger partial charge in [0.25, 0.3) is 0 Å². The van der Waals surface area contributed by atoms with Crippen molar-refractivity contribution in [3.63, 3.8) is 0 Å². The Bertz CT molecular complexity index is 1320. The van der Waals surface area contributed by atoms with Crippen molar-refractivity contribution in [3.8, 4) is 0 Å². The monoisotopic (exact) mass is 715 g/mol. The van der Waals surface area contributed by atoms with Crippen molar-refractivity contribution in [3.05, 3.63) is 61.2 Å².